The van der Waals surface area contributed by atoms with Gasteiger partial charge < -0.3 is 5.32 Å². The molecule has 0 bridgehead atoms. The van der Waals surface area contributed by atoms with Crippen LogP contribution in [0.15, 0.2) is 18.2 Å². The Balaban J connectivity index is 1.99. The van der Waals surface area contributed by atoms with Crippen LogP contribution in [0.3, 0.4) is 0 Å². The third-order valence-electron chi connectivity index (χ3n) is 6.93. The molecular formula is C25H39N3O4S. The maximum Gasteiger partial charge on any atom is 0.247 e. The minimum atomic E-state index is -3.63. The van der Waals surface area contributed by atoms with E-state index < -0.39 is 15.6 Å². The Morgan fingerprint density at radius 3 is 2.39 bits per heavy atom. The molecule has 2 amide bonds. The van der Waals surface area contributed by atoms with Crippen LogP contribution in [0.1, 0.15) is 76.3 Å². The molecule has 2 aliphatic rings. The highest BCUT2D eigenvalue weighted by Crippen LogP contribution is 2.34. The molecule has 3 rings (SSSR count). The molecule has 33 heavy (non-hydrogen) atoms. The molecule has 8 heteroatoms. The van der Waals surface area contributed by atoms with Crippen LogP contribution in [-0.2, 0) is 19.6 Å². The maximum absolute atomic E-state index is 13.8. The van der Waals surface area contributed by atoms with E-state index >= 15 is 0 Å². The predicted octanol–water partition coefficient (Wildman–Crippen LogP) is 3.68. The van der Waals surface area contributed by atoms with Crippen LogP contribution in [0.4, 0.5) is 5.69 Å². The van der Waals surface area contributed by atoms with Crippen molar-refractivity contribution in [3.63, 3.8) is 0 Å². The van der Waals surface area contributed by atoms with E-state index in [0.717, 1.165) is 36.8 Å². The molecule has 7 nitrogen and oxygen atoms in total. The maximum atomic E-state index is 13.8. The fraction of sp³-hybridized carbons (Fsp3) is 0.680. The number of benzene rings is 1. The fourth-order valence-corrected chi connectivity index (χ4v) is 6.56. The summed E-state index contributed by atoms with van der Waals surface area (Å²) in [6, 6.07) is 5.86. The van der Waals surface area contributed by atoms with Gasteiger partial charge in [0.25, 0.3) is 0 Å². The molecule has 1 aliphatic carbocycles. The topological polar surface area (TPSA) is 86.8 Å². The van der Waals surface area contributed by atoms with Crippen LogP contribution in [0.2, 0.25) is 0 Å². The van der Waals surface area contributed by atoms with Crippen molar-refractivity contribution in [2.75, 3.05) is 23.7 Å². The molecule has 2 fully saturated rings. The Kier molecular flexibility index (Phi) is 8.22. The van der Waals surface area contributed by atoms with E-state index in [-0.39, 0.29) is 36.7 Å². The number of hydrogen-bond acceptors (Lipinski definition) is 4. The van der Waals surface area contributed by atoms with Gasteiger partial charge >= 0.3 is 0 Å². The molecule has 1 heterocycles. The summed E-state index contributed by atoms with van der Waals surface area (Å²) in [5.41, 5.74) is 1.19. The largest absolute Gasteiger partial charge is 0.351 e. The number of carbonyl (C=O) groups is 2. The van der Waals surface area contributed by atoms with E-state index in [0.29, 0.717) is 12.1 Å². The molecular weight excluding hydrogens is 438 g/mol. The quantitative estimate of drug-likeness (QED) is 0.677. The first kappa shape index (κ1) is 25.7. The molecule has 1 aromatic rings. The van der Waals surface area contributed by atoms with E-state index in [1.165, 1.54) is 23.6 Å². The molecule has 1 aliphatic heterocycles. The van der Waals surface area contributed by atoms with Gasteiger partial charge in [-0.15, -0.1) is 0 Å². The first-order chi connectivity index (χ1) is 15.6. The molecule has 184 valence electrons. The standard InChI is InChI=1S/C25H39N3O4S/c1-5-15-33(31,32)27-17-23(29)28(22-16-19(2)13-14-20(22)3)25(4,18-27)24(30)26-21-11-9-7-6-8-10-12-21/h13-14,16,21H,5-12,15,17-18H2,1-4H3,(H,26,30)/t25-/m0/s1. The van der Waals surface area contributed by atoms with Crippen molar-refractivity contribution >= 4 is 27.5 Å². The number of anilines is 1. The zero-order chi connectivity index (χ0) is 24.2. The van der Waals surface area contributed by atoms with Gasteiger partial charge in [0, 0.05) is 18.3 Å². The Hall–Kier alpha value is -1.93. The normalized spacial score (nSPS) is 23.8. The zero-order valence-electron chi connectivity index (χ0n) is 20.5. The van der Waals surface area contributed by atoms with Crippen LogP contribution in [0, 0.1) is 13.8 Å². The van der Waals surface area contributed by atoms with Crippen molar-refractivity contribution < 1.29 is 18.0 Å². The number of hydrogen-bond donors (Lipinski definition) is 1. The second-order valence-corrected chi connectivity index (χ2v) is 12.0. The highest BCUT2D eigenvalue weighted by molar-refractivity contribution is 7.89. The van der Waals surface area contributed by atoms with Crippen LogP contribution in [0.5, 0.6) is 0 Å². The number of carbonyl (C=O) groups excluding carboxylic acids is 2. The van der Waals surface area contributed by atoms with Gasteiger partial charge in [0.15, 0.2) is 0 Å². The van der Waals surface area contributed by atoms with Gasteiger partial charge in [-0.25, -0.2) is 8.42 Å². The summed E-state index contributed by atoms with van der Waals surface area (Å²) in [6.45, 7) is 7.07. The van der Waals surface area contributed by atoms with Crippen molar-refractivity contribution in [1.82, 2.24) is 9.62 Å². The van der Waals surface area contributed by atoms with Crippen LogP contribution in [0.25, 0.3) is 0 Å². The lowest BCUT2D eigenvalue weighted by Crippen LogP contribution is -2.71. The lowest BCUT2D eigenvalue weighted by molar-refractivity contribution is -0.133. The number of sulfonamides is 1. The van der Waals surface area contributed by atoms with Crippen LogP contribution >= 0.6 is 0 Å². The number of amides is 2. The van der Waals surface area contributed by atoms with Gasteiger partial charge in [-0.1, -0.05) is 51.2 Å². The highest BCUT2D eigenvalue weighted by atomic mass is 32.2. The van der Waals surface area contributed by atoms with Crippen molar-refractivity contribution in [3.8, 4) is 0 Å². The molecule has 1 atom stereocenters. The zero-order valence-corrected chi connectivity index (χ0v) is 21.3. The minimum Gasteiger partial charge on any atom is -0.351 e. The van der Waals surface area contributed by atoms with Crippen molar-refractivity contribution in [1.29, 1.82) is 0 Å². The number of piperazine rings is 1. The Morgan fingerprint density at radius 1 is 1.12 bits per heavy atom. The van der Waals surface area contributed by atoms with Gasteiger partial charge in [-0.3, -0.25) is 14.5 Å². The lowest BCUT2D eigenvalue weighted by Gasteiger charge is -2.47. The predicted molar refractivity (Wildman–Crippen MR) is 132 cm³/mol. The average Bonchev–Trinajstić information content (AvgIpc) is 2.71. The summed E-state index contributed by atoms with van der Waals surface area (Å²) in [4.78, 5) is 28.8. The third-order valence-corrected chi connectivity index (χ3v) is 8.90. The number of nitrogens with one attached hydrogen (secondary N) is 1. The van der Waals surface area contributed by atoms with Crippen LogP contribution in [-0.4, -0.2) is 55.0 Å². The summed E-state index contributed by atoms with van der Waals surface area (Å²) in [5, 5.41) is 3.20. The summed E-state index contributed by atoms with van der Waals surface area (Å²) in [7, 11) is -3.63. The van der Waals surface area contributed by atoms with Gasteiger partial charge in [0.05, 0.1) is 12.3 Å². The SMILES string of the molecule is CCCS(=O)(=O)N1CC(=O)N(c2cc(C)ccc2C)[C@](C)(C(=O)NC2CCCCCCC2)C1. The van der Waals surface area contributed by atoms with Gasteiger partial charge in [0.2, 0.25) is 21.8 Å². The van der Waals surface area contributed by atoms with Gasteiger partial charge in [-0.05, 0) is 57.2 Å². The van der Waals surface area contributed by atoms with Crippen molar-refractivity contribution in [3.05, 3.63) is 29.3 Å². The third kappa shape index (κ3) is 5.77. The van der Waals surface area contributed by atoms with E-state index in [9.17, 15) is 18.0 Å². The monoisotopic (exact) mass is 477 g/mol. The summed E-state index contributed by atoms with van der Waals surface area (Å²) in [6.07, 6.45) is 7.99. The van der Waals surface area contributed by atoms with Crippen molar-refractivity contribution in [2.45, 2.75) is 90.6 Å². The highest BCUT2D eigenvalue weighted by Gasteiger charge is 2.51. The number of nitrogens with zero attached hydrogens (tertiary/aromatic N) is 2. The molecule has 1 saturated heterocycles. The molecule has 0 unspecified atom stereocenters. The second-order valence-electron chi connectivity index (χ2n) is 9.89. The number of rotatable bonds is 6. The molecule has 1 N–H and O–H groups in total. The Morgan fingerprint density at radius 2 is 1.76 bits per heavy atom. The number of aryl methyl sites for hydroxylation is 2. The molecule has 0 aromatic heterocycles. The van der Waals surface area contributed by atoms with E-state index in [2.05, 4.69) is 5.32 Å². The smallest absolute Gasteiger partial charge is 0.247 e. The lowest BCUT2D eigenvalue weighted by atomic mass is 9.91. The first-order valence-electron chi connectivity index (χ1n) is 12.3. The van der Waals surface area contributed by atoms with Crippen molar-refractivity contribution in [2.24, 2.45) is 0 Å². The second kappa shape index (κ2) is 10.6. The van der Waals surface area contributed by atoms with E-state index in [1.807, 2.05) is 32.0 Å². The molecule has 0 spiro atoms. The van der Waals surface area contributed by atoms with E-state index in [1.54, 1.807) is 18.7 Å². The van der Waals surface area contributed by atoms with Gasteiger partial charge in [-0.2, -0.15) is 4.31 Å². The summed E-state index contributed by atoms with van der Waals surface area (Å²) < 4.78 is 27.0. The van der Waals surface area contributed by atoms with Crippen LogP contribution < -0.4 is 10.2 Å². The molecule has 0 radical (unpaired) electrons. The first-order valence-corrected chi connectivity index (χ1v) is 13.9. The Bertz CT molecular complexity index is 970. The average molecular weight is 478 g/mol. The van der Waals surface area contributed by atoms with Gasteiger partial charge in [0.1, 0.15) is 5.54 Å². The Labute approximate surface area is 199 Å². The van der Waals surface area contributed by atoms with E-state index in [4.69, 9.17) is 0 Å². The summed E-state index contributed by atoms with van der Waals surface area (Å²) >= 11 is 0. The molecule has 1 aromatic carbocycles. The summed E-state index contributed by atoms with van der Waals surface area (Å²) in [5.74, 6) is -0.687. The fourth-order valence-electron chi connectivity index (χ4n) is 5.03. The minimum absolute atomic E-state index is 0.0376. The molecule has 1 saturated carbocycles.